The van der Waals surface area contributed by atoms with Gasteiger partial charge in [-0.25, -0.2) is 5.01 Å². The molecule has 2 atom stereocenters. The molecule has 5 rings (SSSR count). The van der Waals surface area contributed by atoms with E-state index in [9.17, 15) is 0 Å². The number of hydrogen-bond acceptors (Lipinski definition) is 5. The van der Waals surface area contributed by atoms with Gasteiger partial charge in [0, 0.05) is 17.5 Å². The summed E-state index contributed by atoms with van der Waals surface area (Å²) in [6.45, 7) is 5.95. The molecule has 39 heavy (non-hydrogen) atoms. The number of hydrazone groups is 1. The summed E-state index contributed by atoms with van der Waals surface area (Å²) in [7, 11) is 0. The molecular formula is C34H42N2O3. The van der Waals surface area contributed by atoms with E-state index < -0.39 is 0 Å². The van der Waals surface area contributed by atoms with Crippen LogP contribution in [0.15, 0.2) is 77.9 Å². The molecule has 3 aromatic carbocycles. The minimum atomic E-state index is -0.285. The minimum absolute atomic E-state index is 0.138. The Kier molecular flexibility index (Phi) is 9.42. The first-order chi connectivity index (χ1) is 19.3. The summed E-state index contributed by atoms with van der Waals surface area (Å²) in [6, 6.07) is 25.2. The molecular weight excluding hydrogens is 484 g/mol. The molecule has 0 unspecified atom stereocenters. The second kappa shape index (κ2) is 13.5. The summed E-state index contributed by atoms with van der Waals surface area (Å²) in [5, 5.41) is 7.24. The van der Waals surface area contributed by atoms with E-state index in [0.29, 0.717) is 0 Å². The van der Waals surface area contributed by atoms with Crippen LogP contribution in [0.2, 0.25) is 0 Å². The maximum Gasteiger partial charge on any atom is 0.213 e. The van der Waals surface area contributed by atoms with Gasteiger partial charge in [-0.15, -0.1) is 0 Å². The van der Waals surface area contributed by atoms with Crippen molar-refractivity contribution in [2.75, 3.05) is 13.2 Å². The van der Waals surface area contributed by atoms with Gasteiger partial charge < -0.3 is 14.2 Å². The van der Waals surface area contributed by atoms with Gasteiger partial charge in [-0.05, 0) is 73.0 Å². The molecule has 206 valence electrons. The van der Waals surface area contributed by atoms with Crippen molar-refractivity contribution in [3.63, 3.8) is 0 Å². The first kappa shape index (κ1) is 27.1. The van der Waals surface area contributed by atoms with Crippen LogP contribution < -0.4 is 14.2 Å². The second-order valence-electron chi connectivity index (χ2n) is 10.6. The fourth-order valence-electron chi connectivity index (χ4n) is 5.31. The van der Waals surface area contributed by atoms with E-state index in [2.05, 4.69) is 85.6 Å². The molecule has 0 amide bonds. The Balaban J connectivity index is 1.27. The Bertz CT molecular complexity index is 1210. The van der Waals surface area contributed by atoms with E-state index in [1.54, 1.807) is 0 Å². The molecule has 0 saturated carbocycles. The number of unbranched alkanes of at least 4 members (excludes halogenated alkanes) is 6. The van der Waals surface area contributed by atoms with Gasteiger partial charge in [-0.1, -0.05) is 70.6 Å². The van der Waals surface area contributed by atoms with Crippen molar-refractivity contribution in [3.8, 4) is 17.2 Å². The summed E-state index contributed by atoms with van der Waals surface area (Å²) < 4.78 is 18.4. The number of hydrogen-bond donors (Lipinski definition) is 0. The first-order valence-corrected chi connectivity index (χ1v) is 14.8. The van der Waals surface area contributed by atoms with Gasteiger partial charge >= 0.3 is 0 Å². The van der Waals surface area contributed by atoms with Crippen LogP contribution in [0.5, 0.6) is 17.2 Å². The molecule has 2 aliphatic rings. The van der Waals surface area contributed by atoms with E-state index in [-0.39, 0.29) is 12.3 Å². The quantitative estimate of drug-likeness (QED) is 0.197. The largest absolute Gasteiger partial charge is 0.494 e. The van der Waals surface area contributed by atoms with Gasteiger partial charge in [0.1, 0.15) is 17.2 Å². The van der Waals surface area contributed by atoms with Gasteiger partial charge in [0.05, 0.1) is 25.0 Å². The molecule has 0 spiro atoms. The minimum Gasteiger partial charge on any atom is -0.494 e. The maximum absolute atomic E-state index is 6.53. The Labute approximate surface area is 233 Å². The van der Waals surface area contributed by atoms with Crippen LogP contribution in [0.1, 0.15) is 101 Å². The second-order valence-corrected chi connectivity index (χ2v) is 10.6. The molecule has 0 radical (unpaired) electrons. The predicted octanol–water partition coefficient (Wildman–Crippen LogP) is 8.85. The van der Waals surface area contributed by atoms with Crippen LogP contribution in [-0.4, -0.2) is 23.9 Å². The highest BCUT2D eigenvalue weighted by Crippen LogP contribution is 2.47. The molecule has 2 aliphatic heterocycles. The zero-order valence-corrected chi connectivity index (χ0v) is 23.5. The summed E-state index contributed by atoms with van der Waals surface area (Å²) >= 11 is 0. The standard InChI is InChI=1S/C34H42N2O3/c1-3-5-7-8-9-12-24-38-29-21-17-27(18-22-29)34-36-32(30-13-10-11-14-33(30)39-34)25-31(35-36)26-15-19-28(20-16-26)37-23-6-4-2/h10-11,13-22,32,34H,3-9,12,23-25H2,1-2H3/t32-,34-/m1/s1. The van der Waals surface area contributed by atoms with E-state index in [1.807, 2.05) is 6.07 Å². The average molecular weight is 527 g/mol. The van der Waals surface area contributed by atoms with Gasteiger partial charge in [0.15, 0.2) is 0 Å². The Morgan fingerprint density at radius 3 is 2.13 bits per heavy atom. The fraction of sp³-hybridized carbons (Fsp3) is 0.441. The first-order valence-electron chi connectivity index (χ1n) is 14.8. The highest BCUT2D eigenvalue weighted by molar-refractivity contribution is 6.02. The summed E-state index contributed by atoms with van der Waals surface area (Å²) in [6.07, 6.45) is 10.3. The monoisotopic (exact) mass is 526 g/mol. The smallest absolute Gasteiger partial charge is 0.213 e. The fourth-order valence-corrected chi connectivity index (χ4v) is 5.31. The molecule has 0 N–H and O–H groups in total. The Morgan fingerprint density at radius 2 is 1.38 bits per heavy atom. The molecule has 5 nitrogen and oxygen atoms in total. The third-order valence-electron chi connectivity index (χ3n) is 7.59. The van der Waals surface area contributed by atoms with Crippen LogP contribution in [-0.2, 0) is 0 Å². The Morgan fingerprint density at radius 1 is 0.744 bits per heavy atom. The van der Waals surface area contributed by atoms with Gasteiger partial charge in [0.25, 0.3) is 0 Å². The number of ether oxygens (including phenoxy) is 3. The third kappa shape index (κ3) is 6.76. The van der Waals surface area contributed by atoms with E-state index >= 15 is 0 Å². The molecule has 0 saturated heterocycles. The third-order valence-corrected chi connectivity index (χ3v) is 7.59. The number of para-hydroxylation sites is 1. The van der Waals surface area contributed by atoms with E-state index in [4.69, 9.17) is 19.3 Å². The maximum atomic E-state index is 6.53. The van der Waals surface area contributed by atoms with Crippen LogP contribution >= 0.6 is 0 Å². The van der Waals surface area contributed by atoms with Crippen LogP contribution in [0, 0.1) is 0 Å². The van der Waals surface area contributed by atoms with Crippen molar-refractivity contribution in [2.24, 2.45) is 5.10 Å². The lowest BCUT2D eigenvalue weighted by molar-refractivity contribution is -0.0190. The van der Waals surface area contributed by atoms with Crippen molar-refractivity contribution in [2.45, 2.75) is 83.9 Å². The van der Waals surface area contributed by atoms with Crippen molar-refractivity contribution in [1.29, 1.82) is 0 Å². The predicted molar refractivity (Wildman–Crippen MR) is 158 cm³/mol. The SMILES string of the molecule is CCCCCCCCOc1ccc([C@H]2Oc3ccccc3[C@H]3CC(c4ccc(OCCCC)cc4)=NN32)cc1. The summed E-state index contributed by atoms with van der Waals surface area (Å²) in [5.41, 5.74) is 4.46. The molecule has 0 bridgehead atoms. The van der Waals surface area contributed by atoms with E-state index in [1.165, 1.54) is 37.7 Å². The van der Waals surface area contributed by atoms with E-state index in [0.717, 1.165) is 73.0 Å². The lowest BCUT2D eigenvalue weighted by atomic mass is 9.96. The number of nitrogens with zero attached hydrogens (tertiary/aromatic N) is 2. The normalized spacial score (nSPS) is 17.7. The molecule has 0 aliphatic carbocycles. The summed E-state index contributed by atoms with van der Waals surface area (Å²) in [4.78, 5) is 0. The number of benzene rings is 3. The number of fused-ring (bicyclic) bond motifs is 3. The lowest BCUT2D eigenvalue weighted by Crippen LogP contribution is -2.33. The van der Waals surface area contributed by atoms with Crippen molar-refractivity contribution in [1.82, 2.24) is 5.01 Å². The zero-order chi connectivity index (χ0) is 26.9. The average Bonchev–Trinajstić information content (AvgIpc) is 3.43. The van der Waals surface area contributed by atoms with Crippen molar-refractivity contribution in [3.05, 3.63) is 89.5 Å². The number of rotatable bonds is 14. The van der Waals surface area contributed by atoms with Gasteiger partial charge in [0.2, 0.25) is 6.23 Å². The molecule has 0 fully saturated rings. The Hall–Kier alpha value is -3.47. The van der Waals surface area contributed by atoms with Crippen LogP contribution in [0.25, 0.3) is 0 Å². The molecule has 2 heterocycles. The molecule has 0 aromatic heterocycles. The van der Waals surface area contributed by atoms with Crippen molar-refractivity contribution < 1.29 is 14.2 Å². The van der Waals surface area contributed by atoms with Gasteiger partial charge in [-0.2, -0.15) is 5.10 Å². The van der Waals surface area contributed by atoms with Crippen LogP contribution in [0.4, 0.5) is 0 Å². The highest BCUT2D eigenvalue weighted by Gasteiger charge is 2.40. The highest BCUT2D eigenvalue weighted by atomic mass is 16.5. The van der Waals surface area contributed by atoms with Gasteiger partial charge in [-0.3, -0.25) is 0 Å². The summed E-state index contributed by atoms with van der Waals surface area (Å²) in [5.74, 6) is 2.75. The topological polar surface area (TPSA) is 43.3 Å². The zero-order valence-electron chi connectivity index (χ0n) is 23.5. The lowest BCUT2D eigenvalue weighted by Gasteiger charge is -2.38. The molecule has 3 aromatic rings. The van der Waals surface area contributed by atoms with Crippen LogP contribution in [0.3, 0.4) is 0 Å². The van der Waals surface area contributed by atoms with Crippen molar-refractivity contribution >= 4 is 5.71 Å². The molecule has 5 heteroatoms.